The fraction of sp³-hybridized carbons (Fsp3) is 0.889. The van der Waals surface area contributed by atoms with E-state index in [1.165, 1.54) is 0 Å². The van der Waals surface area contributed by atoms with Gasteiger partial charge in [0.15, 0.2) is 0 Å². The molecule has 0 saturated carbocycles. The minimum atomic E-state index is 0.300. The van der Waals surface area contributed by atoms with Gasteiger partial charge >= 0.3 is 0 Å². The summed E-state index contributed by atoms with van der Waals surface area (Å²) < 4.78 is 0. The van der Waals surface area contributed by atoms with Crippen LogP contribution in [0.2, 0.25) is 0 Å². The van der Waals surface area contributed by atoms with E-state index in [0.29, 0.717) is 11.0 Å². The van der Waals surface area contributed by atoms with E-state index in [4.69, 9.17) is 0 Å². The highest BCUT2D eigenvalue weighted by Crippen LogP contribution is 2.17. The molecule has 66 valence electrons. The zero-order valence-electron chi connectivity index (χ0n) is 7.89. The average Bonchev–Trinajstić information content (AvgIpc) is 1.82. The molecule has 0 amide bonds. The first-order chi connectivity index (χ1) is 5.02. The Labute approximate surface area is 73.9 Å². The van der Waals surface area contributed by atoms with Crippen LogP contribution in [0.1, 0.15) is 34.1 Å². The summed E-state index contributed by atoms with van der Waals surface area (Å²) >= 11 is 1.89. The maximum Gasteiger partial charge on any atom is 0.130 e. The molecule has 0 aromatic heterocycles. The van der Waals surface area contributed by atoms with Crippen molar-refractivity contribution in [1.82, 2.24) is 0 Å². The highest BCUT2D eigenvalue weighted by atomic mass is 32.2. The summed E-state index contributed by atoms with van der Waals surface area (Å²) in [6.07, 6.45) is 0.720. The van der Waals surface area contributed by atoms with E-state index in [0.717, 1.165) is 18.1 Å². The number of thioether (sulfide) groups is 1. The van der Waals surface area contributed by atoms with Gasteiger partial charge in [-0.2, -0.15) is 11.8 Å². The lowest BCUT2D eigenvalue weighted by Gasteiger charge is -2.10. The van der Waals surface area contributed by atoms with E-state index < -0.39 is 0 Å². The molecule has 0 aliphatic rings. The molecule has 0 aromatic carbocycles. The van der Waals surface area contributed by atoms with Gasteiger partial charge in [-0.15, -0.1) is 0 Å². The topological polar surface area (TPSA) is 17.1 Å². The quantitative estimate of drug-likeness (QED) is 0.637. The van der Waals surface area contributed by atoms with Crippen LogP contribution in [0.15, 0.2) is 0 Å². The molecule has 0 spiro atoms. The van der Waals surface area contributed by atoms with E-state index in [1.54, 1.807) is 6.92 Å². The molecule has 0 bridgehead atoms. The molecule has 0 N–H and O–H groups in total. The molecular formula is C9H18OS. The van der Waals surface area contributed by atoms with Crippen molar-refractivity contribution < 1.29 is 4.79 Å². The third kappa shape index (κ3) is 7.92. The monoisotopic (exact) mass is 174 g/mol. The Morgan fingerprint density at radius 3 is 2.27 bits per heavy atom. The van der Waals surface area contributed by atoms with Crippen molar-refractivity contribution in [2.45, 2.75) is 39.4 Å². The van der Waals surface area contributed by atoms with Gasteiger partial charge in [-0.1, -0.05) is 20.8 Å². The molecule has 11 heavy (non-hydrogen) atoms. The van der Waals surface area contributed by atoms with Gasteiger partial charge in [0.2, 0.25) is 0 Å². The van der Waals surface area contributed by atoms with Gasteiger partial charge in [0.1, 0.15) is 5.78 Å². The summed E-state index contributed by atoms with van der Waals surface area (Å²) in [6, 6.07) is 0. The zero-order valence-corrected chi connectivity index (χ0v) is 8.70. The molecule has 0 rings (SSSR count). The van der Waals surface area contributed by atoms with Gasteiger partial charge in [-0.25, -0.2) is 0 Å². The van der Waals surface area contributed by atoms with Crippen LogP contribution in [0.5, 0.6) is 0 Å². The summed E-state index contributed by atoms with van der Waals surface area (Å²) in [6.45, 7) is 8.18. The van der Waals surface area contributed by atoms with E-state index in [-0.39, 0.29) is 0 Å². The normalized spacial score (nSPS) is 13.5. The number of carbonyl (C=O) groups excluding carboxylic acids is 1. The maximum absolute atomic E-state index is 10.7. The average molecular weight is 174 g/mol. The lowest BCUT2D eigenvalue weighted by Crippen LogP contribution is -2.05. The molecule has 0 aliphatic carbocycles. The van der Waals surface area contributed by atoms with E-state index >= 15 is 0 Å². The minimum absolute atomic E-state index is 0.300. The molecule has 1 unspecified atom stereocenters. The predicted molar refractivity (Wildman–Crippen MR) is 52.1 cm³/mol. The molecule has 0 heterocycles. The van der Waals surface area contributed by atoms with Crippen molar-refractivity contribution in [1.29, 1.82) is 0 Å². The number of hydrogen-bond donors (Lipinski definition) is 0. The highest BCUT2D eigenvalue weighted by Gasteiger charge is 2.05. The number of carbonyl (C=O) groups is 1. The van der Waals surface area contributed by atoms with Crippen molar-refractivity contribution in [3.05, 3.63) is 0 Å². The van der Waals surface area contributed by atoms with Crippen molar-refractivity contribution in [2.75, 3.05) is 5.75 Å². The Balaban J connectivity index is 3.37. The molecule has 0 aliphatic heterocycles. The van der Waals surface area contributed by atoms with Crippen LogP contribution >= 0.6 is 11.8 Å². The van der Waals surface area contributed by atoms with Crippen LogP contribution in [0.25, 0.3) is 0 Å². The first-order valence-electron chi connectivity index (χ1n) is 4.13. The van der Waals surface area contributed by atoms with Gasteiger partial charge < -0.3 is 0 Å². The van der Waals surface area contributed by atoms with Crippen molar-refractivity contribution in [3.8, 4) is 0 Å². The van der Waals surface area contributed by atoms with E-state index in [1.807, 2.05) is 11.8 Å². The summed E-state index contributed by atoms with van der Waals surface area (Å²) in [5, 5.41) is 0.495. The molecule has 1 atom stereocenters. The van der Waals surface area contributed by atoms with E-state index in [9.17, 15) is 4.79 Å². The van der Waals surface area contributed by atoms with Gasteiger partial charge in [0, 0.05) is 11.7 Å². The van der Waals surface area contributed by atoms with Crippen molar-refractivity contribution in [3.63, 3.8) is 0 Å². The molecule has 0 aromatic rings. The first-order valence-corrected chi connectivity index (χ1v) is 5.18. The summed E-state index contributed by atoms with van der Waals surface area (Å²) in [5.74, 6) is 2.19. The van der Waals surface area contributed by atoms with Crippen LogP contribution in [0.3, 0.4) is 0 Å². The molecular weight excluding hydrogens is 156 g/mol. The first kappa shape index (κ1) is 11.0. The van der Waals surface area contributed by atoms with Crippen molar-refractivity contribution in [2.24, 2.45) is 5.92 Å². The summed E-state index contributed by atoms with van der Waals surface area (Å²) in [7, 11) is 0. The second-order valence-corrected chi connectivity index (χ2v) is 4.92. The smallest absolute Gasteiger partial charge is 0.130 e. The number of ketones is 1. The lowest BCUT2D eigenvalue weighted by molar-refractivity contribution is -0.116. The predicted octanol–water partition coefficient (Wildman–Crippen LogP) is 2.74. The second-order valence-electron chi connectivity index (χ2n) is 3.44. The van der Waals surface area contributed by atoms with Crippen LogP contribution in [-0.4, -0.2) is 16.8 Å². The third-order valence-corrected chi connectivity index (χ3v) is 2.88. The largest absolute Gasteiger partial charge is 0.300 e. The Morgan fingerprint density at radius 2 is 1.91 bits per heavy atom. The molecule has 0 radical (unpaired) electrons. The Hall–Kier alpha value is 0.0200. The Morgan fingerprint density at radius 1 is 1.36 bits per heavy atom. The van der Waals surface area contributed by atoms with Crippen LogP contribution < -0.4 is 0 Å². The minimum Gasteiger partial charge on any atom is -0.300 e. The van der Waals surface area contributed by atoms with Crippen LogP contribution in [0, 0.1) is 5.92 Å². The number of hydrogen-bond acceptors (Lipinski definition) is 2. The van der Waals surface area contributed by atoms with Gasteiger partial charge in [0.25, 0.3) is 0 Å². The van der Waals surface area contributed by atoms with Crippen LogP contribution in [0.4, 0.5) is 0 Å². The number of rotatable bonds is 5. The number of Topliss-reactive ketones (excluding diaryl/α,β-unsaturated/α-hetero) is 1. The highest BCUT2D eigenvalue weighted by molar-refractivity contribution is 7.99. The van der Waals surface area contributed by atoms with E-state index in [2.05, 4.69) is 20.8 Å². The van der Waals surface area contributed by atoms with Gasteiger partial charge in [-0.05, 0) is 18.6 Å². The zero-order chi connectivity index (χ0) is 8.85. The fourth-order valence-electron chi connectivity index (χ4n) is 0.820. The van der Waals surface area contributed by atoms with Crippen LogP contribution in [-0.2, 0) is 4.79 Å². The van der Waals surface area contributed by atoms with Gasteiger partial charge in [0.05, 0.1) is 0 Å². The van der Waals surface area contributed by atoms with Gasteiger partial charge in [-0.3, -0.25) is 4.79 Å². The SMILES string of the molecule is CC(=O)CC(C)SCC(C)C. The van der Waals surface area contributed by atoms with Crippen molar-refractivity contribution >= 4 is 17.5 Å². The molecule has 0 fully saturated rings. The summed E-state index contributed by atoms with van der Waals surface area (Å²) in [5.41, 5.74) is 0. The summed E-state index contributed by atoms with van der Waals surface area (Å²) in [4.78, 5) is 10.7. The fourth-order valence-corrected chi connectivity index (χ4v) is 1.89. The molecule has 0 saturated heterocycles. The lowest BCUT2D eigenvalue weighted by atomic mass is 10.2. The standard InChI is InChI=1S/C9H18OS/c1-7(2)6-11-9(4)5-8(3)10/h7,9H,5-6H2,1-4H3. The molecule has 2 heteroatoms. The Kier molecular flexibility index (Phi) is 5.65. The Bertz CT molecular complexity index is 121. The maximum atomic E-state index is 10.7. The third-order valence-electron chi connectivity index (χ3n) is 1.29. The molecule has 1 nitrogen and oxygen atoms in total. The second kappa shape index (κ2) is 5.64.